The molecule has 2 aromatic heterocycles. The normalized spacial score (nSPS) is 18.7. The van der Waals surface area contributed by atoms with Gasteiger partial charge in [0.05, 0.1) is 33.9 Å². The number of carbonyl (C=O) groups excluding carboxylic acids is 1. The van der Waals surface area contributed by atoms with Crippen molar-refractivity contribution < 1.29 is 35.9 Å². The van der Waals surface area contributed by atoms with Crippen molar-refractivity contribution in [2.75, 3.05) is 5.32 Å². The first-order chi connectivity index (χ1) is 18.0. The van der Waals surface area contributed by atoms with Gasteiger partial charge in [0, 0.05) is 18.3 Å². The minimum atomic E-state index is -4.97. The van der Waals surface area contributed by atoms with Crippen molar-refractivity contribution >= 4 is 22.8 Å². The van der Waals surface area contributed by atoms with Crippen LogP contribution in [-0.2, 0) is 17.1 Å². The second-order valence-electron chi connectivity index (χ2n) is 10.7. The summed E-state index contributed by atoms with van der Waals surface area (Å²) in [7, 11) is 0. The molecule has 7 nitrogen and oxygen atoms in total. The summed E-state index contributed by atoms with van der Waals surface area (Å²) in [6, 6.07) is 1.33. The third-order valence-electron chi connectivity index (χ3n) is 6.39. The van der Waals surface area contributed by atoms with Gasteiger partial charge in [-0.15, -0.1) is 0 Å². The van der Waals surface area contributed by atoms with Gasteiger partial charge in [-0.3, -0.25) is 0 Å². The number of nitrogens with one attached hydrogen (secondary N) is 2. The number of hydrogen-bond acceptors (Lipinski definition) is 5. The van der Waals surface area contributed by atoms with Gasteiger partial charge in [0.2, 0.25) is 0 Å². The molecule has 1 aliphatic rings. The summed E-state index contributed by atoms with van der Waals surface area (Å²) in [6.45, 7) is 7.01. The van der Waals surface area contributed by atoms with E-state index in [4.69, 9.17) is 4.74 Å². The van der Waals surface area contributed by atoms with Crippen molar-refractivity contribution in [3.8, 4) is 5.69 Å². The zero-order valence-corrected chi connectivity index (χ0v) is 21.8. The molecule has 0 bridgehead atoms. The number of rotatable bonds is 4. The standard InChI is InChI=1S/C26H29F6N5O2/c1-14-12-33-22(35-17-5-7-18(8-6-17)36-23(38)39-24(2,3)4)20-13-34-37(21(14)20)19-10-15(25(27,28)29)9-16(11-19)26(30,31)32/h9-13,17-18H,5-8H2,1-4H3,(H,33,35)(H,36,38). The number of hydrogen-bond donors (Lipinski definition) is 2. The Hall–Kier alpha value is -3.51. The molecule has 0 saturated heterocycles. The van der Waals surface area contributed by atoms with Crippen LogP contribution in [0.2, 0.25) is 0 Å². The molecule has 0 unspecified atom stereocenters. The zero-order valence-electron chi connectivity index (χ0n) is 21.8. The molecule has 1 amide bonds. The van der Waals surface area contributed by atoms with E-state index in [0.717, 1.165) is 4.68 Å². The predicted octanol–water partition coefficient (Wildman–Crippen LogP) is 7.01. The van der Waals surface area contributed by atoms with Gasteiger partial charge in [-0.2, -0.15) is 31.4 Å². The Morgan fingerprint density at radius 2 is 1.49 bits per heavy atom. The van der Waals surface area contributed by atoms with Gasteiger partial charge in [0.15, 0.2) is 0 Å². The molecule has 0 radical (unpaired) electrons. The van der Waals surface area contributed by atoms with Gasteiger partial charge in [0.1, 0.15) is 11.4 Å². The first kappa shape index (κ1) is 28.5. The number of alkyl halides is 6. The molecule has 13 heteroatoms. The third kappa shape index (κ3) is 6.74. The van der Waals surface area contributed by atoms with Gasteiger partial charge in [-0.1, -0.05) is 0 Å². The summed E-state index contributed by atoms with van der Waals surface area (Å²) in [5.41, 5.74) is -2.92. The SMILES string of the molecule is Cc1cnc(NC2CCC(NC(=O)OC(C)(C)C)CC2)c2cnn(-c3cc(C(F)(F)F)cc(C(F)(F)F)c3)c12. The van der Waals surface area contributed by atoms with E-state index in [9.17, 15) is 31.1 Å². The fraction of sp³-hybridized carbons (Fsp3) is 0.500. The highest BCUT2D eigenvalue weighted by Gasteiger charge is 2.37. The van der Waals surface area contributed by atoms with Crippen LogP contribution >= 0.6 is 0 Å². The topological polar surface area (TPSA) is 81.1 Å². The lowest BCUT2D eigenvalue weighted by atomic mass is 9.91. The summed E-state index contributed by atoms with van der Waals surface area (Å²) in [6.07, 6.45) is -4.76. The van der Waals surface area contributed by atoms with Gasteiger partial charge in [0.25, 0.3) is 0 Å². The molecule has 2 heterocycles. The van der Waals surface area contributed by atoms with E-state index in [-0.39, 0.29) is 23.8 Å². The third-order valence-corrected chi connectivity index (χ3v) is 6.39. The van der Waals surface area contributed by atoms with E-state index in [2.05, 4.69) is 20.7 Å². The maximum absolute atomic E-state index is 13.4. The molecule has 39 heavy (non-hydrogen) atoms. The smallest absolute Gasteiger partial charge is 0.416 e. The molecule has 0 atom stereocenters. The number of ether oxygens (including phenoxy) is 1. The average molecular weight is 558 g/mol. The van der Waals surface area contributed by atoms with Crippen molar-refractivity contribution in [3.63, 3.8) is 0 Å². The molecule has 1 fully saturated rings. The van der Waals surface area contributed by atoms with Crippen LogP contribution in [0.4, 0.5) is 37.0 Å². The molecule has 2 N–H and O–H groups in total. The number of fused-ring (bicyclic) bond motifs is 1. The Morgan fingerprint density at radius 3 is 2.03 bits per heavy atom. The minimum absolute atomic E-state index is 0.00571. The van der Waals surface area contributed by atoms with E-state index in [0.29, 0.717) is 60.1 Å². The number of amides is 1. The average Bonchev–Trinajstić information content (AvgIpc) is 3.26. The van der Waals surface area contributed by atoms with Gasteiger partial charge in [-0.05, 0) is 77.1 Å². The Kier molecular flexibility index (Phi) is 7.48. The van der Waals surface area contributed by atoms with Crippen LogP contribution in [-0.4, -0.2) is 38.5 Å². The fourth-order valence-electron chi connectivity index (χ4n) is 4.61. The maximum Gasteiger partial charge on any atom is 0.416 e. The van der Waals surface area contributed by atoms with Crippen LogP contribution < -0.4 is 10.6 Å². The summed E-state index contributed by atoms with van der Waals surface area (Å²) in [5.74, 6) is 0.424. The number of pyridine rings is 1. The minimum Gasteiger partial charge on any atom is -0.444 e. The van der Waals surface area contributed by atoms with E-state index in [1.54, 1.807) is 27.7 Å². The lowest BCUT2D eigenvalue weighted by molar-refractivity contribution is -0.143. The summed E-state index contributed by atoms with van der Waals surface area (Å²) in [5, 5.41) is 10.8. The highest BCUT2D eigenvalue weighted by atomic mass is 19.4. The number of nitrogens with zero attached hydrogens (tertiary/aromatic N) is 3. The highest BCUT2D eigenvalue weighted by Crippen LogP contribution is 2.38. The monoisotopic (exact) mass is 557 g/mol. The van der Waals surface area contributed by atoms with Crippen LogP contribution in [0, 0.1) is 6.92 Å². The summed E-state index contributed by atoms with van der Waals surface area (Å²) >= 11 is 0. The Labute approximate surface area is 220 Å². The molecular weight excluding hydrogens is 528 g/mol. The maximum atomic E-state index is 13.4. The largest absolute Gasteiger partial charge is 0.444 e. The molecule has 3 aromatic rings. The van der Waals surface area contributed by atoms with E-state index in [1.807, 2.05) is 0 Å². The van der Waals surface area contributed by atoms with Gasteiger partial charge >= 0.3 is 18.4 Å². The van der Waals surface area contributed by atoms with E-state index >= 15 is 0 Å². The number of aromatic nitrogens is 3. The van der Waals surface area contributed by atoms with Crippen LogP contribution in [0.15, 0.2) is 30.6 Å². The van der Waals surface area contributed by atoms with Crippen LogP contribution in [0.5, 0.6) is 0 Å². The van der Waals surface area contributed by atoms with Gasteiger partial charge in [-0.25, -0.2) is 14.5 Å². The molecular formula is C26H29F6N5O2. The van der Waals surface area contributed by atoms with Crippen molar-refractivity contribution in [2.24, 2.45) is 0 Å². The Morgan fingerprint density at radius 1 is 0.923 bits per heavy atom. The molecule has 4 rings (SSSR count). The second kappa shape index (κ2) is 10.2. The second-order valence-corrected chi connectivity index (χ2v) is 10.7. The summed E-state index contributed by atoms with van der Waals surface area (Å²) in [4.78, 5) is 16.5. The number of anilines is 1. The van der Waals surface area contributed by atoms with Crippen molar-refractivity contribution in [2.45, 2.75) is 83.4 Å². The number of carbonyl (C=O) groups is 1. The van der Waals surface area contributed by atoms with E-state index in [1.165, 1.54) is 12.4 Å². The molecule has 1 aromatic carbocycles. The van der Waals surface area contributed by atoms with Crippen molar-refractivity contribution in [1.29, 1.82) is 0 Å². The van der Waals surface area contributed by atoms with Crippen molar-refractivity contribution in [1.82, 2.24) is 20.1 Å². The highest BCUT2D eigenvalue weighted by molar-refractivity contribution is 5.92. The summed E-state index contributed by atoms with van der Waals surface area (Å²) < 4.78 is 86.9. The lowest BCUT2D eigenvalue weighted by Crippen LogP contribution is -2.42. The molecule has 212 valence electrons. The number of benzene rings is 1. The number of halogens is 6. The van der Waals surface area contributed by atoms with Gasteiger partial charge < -0.3 is 15.4 Å². The number of aryl methyl sites for hydroxylation is 1. The van der Waals surface area contributed by atoms with Crippen LogP contribution in [0.3, 0.4) is 0 Å². The molecule has 1 aliphatic carbocycles. The molecule has 0 spiro atoms. The van der Waals surface area contributed by atoms with Crippen molar-refractivity contribution in [3.05, 3.63) is 47.3 Å². The zero-order chi connectivity index (χ0) is 28.8. The predicted molar refractivity (Wildman–Crippen MR) is 133 cm³/mol. The number of alkyl carbamates (subject to hydrolysis) is 1. The Bertz CT molecular complexity index is 1320. The lowest BCUT2D eigenvalue weighted by Gasteiger charge is -2.31. The molecule has 0 aliphatic heterocycles. The first-order valence-corrected chi connectivity index (χ1v) is 12.4. The van der Waals surface area contributed by atoms with Crippen LogP contribution in [0.1, 0.15) is 63.1 Å². The Balaban J connectivity index is 1.57. The molecule has 1 saturated carbocycles. The van der Waals surface area contributed by atoms with E-state index < -0.39 is 35.2 Å². The van der Waals surface area contributed by atoms with Crippen LogP contribution in [0.25, 0.3) is 16.6 Å². The first-order valence-electron chi connectivity index (χ1n) is 12.4. The fourth-order valence-corrected chi connectivity index (χ4v) is 4.61. The quantitative estimate of drug-likeness (QED) is 0.337.